The van der Waals surface area contributed by atoms with Crippen LogP contribution >= 0.6 is 15.9 Å². The van der Waals surface area contributed by atoms with Gasteiger partial charge in [-0.05, 0) is 6.07 Å². The SMILES string of the molecule is N#CCC(F)(F)c1ccccc1Br. The van der Waals surface area contributed by atoms with Gasteiger partial charge in [-0.1, -0.05) is 34.1 Å². The van der Waals surface area contributed by atoms with Crippen LogP contribution in [0.15, 0.2) is 28.7 Å². The molecule has 0 aliphatic carbocycles. The van der Waals surface area contributed by atoms with E-state index in [1.807, 2.05) is 0 Å². The Balaban J connectivity index is 3.08. The van der Waals surface area contributed by atoms with Crippen molar-refractivity contribution < 1.29 is 8.78 Å². The predicted octanol–water partition coefficient (Wildman–Crippen LogP) is 3.45. The van der Waals surface area contributed by atoms with Crippen LogP contribution in [0.25, 0.3) is 0 Å². The monoisotopic (exact) mass is 245 g/mol. The highest BCUT2D eigenvalue weighted by Gasteiger charge is 2.32. The van der Waals surface area contributed by atoms with Crippen molar-refractivity contribution in [3.8, 4) is 6.07 Å². The van der Waals surface area contributed by atoms with Crippen LogP contribution in [-0.4, -0.2) is 0 Å². The highest BCUT2D eigenvalue weighted by atomic mass is 79.9. The molecule has 68 valence electrons. The zero-order valence-electron chi connectivity index (χ0n) is 6.60. The average Bonchev–Trinajstić information content (AvgIpc) is 2.04. The summed E-state index contributed by atoms with van der Waals surface area (Å²) < 4.78 is 26.7. The van der Waals surface area contributed by atoms with Crippen LogP contribution in [0, 0.1) is 11.3 Å². The van der Waals surface area contributed by atoms with Gasteiger partial charge in [0.05, 0.1) is 6.07 Å². The summed E-state index contributed by atoms with van der Waals surface area (Å²) in [6.07, 6.45) is -0.796. The molecule has 0 aliphatic heterocycles. The van der Waals surface area contributed by atoms with Crippen LogP contribution in [0.1, 0.15) is 12.0 Å². The van der Waals surface area contributed by atoms with Crippen molar-refractivity contribution in [1.29, 1.82) is 5.26 Å². The van der Waals surface area contributed by atoms with Gasteiger partial charge in [0.15, 0.2) is 0 Å². The molecule has 0 atom stereocenters. The van der Waals surface area contributed by atoms with E-state index in [2.05, 4.69) is 15.9 Å². The Kier molecular flexibility index (Phi) is 2.99. The highest BCUT2D eigenvalue weighted by Crippen LogP contribution is 2.35. The lowest BCUT2D eigenvalue weighted by molar-refractivity contribution is 0.000202. The minimum absolute atomic E-state index is 0.142. The van der Waals surface area contributed by atoms with E-state index in [1.54, 1.807) is 6.07 Å². The van der Waals surface area contributed by atoms with Gasteiger partial charge in [-0.25, -0.2) is 8.78 Å². The number of alkyl halides is 2. The number of halogens is 3. The maximum Gasteiger partial charge on any atom is 0.287 e. The largest absolute Gasteiger partial charge is 0.287 e. The first-order valence-corrected chi connectivity index (χ1v) is 4.37. The molecule has 0 amide bonds. The summed E-state index contributed by atoms with van der Waals surface area (Å²) in [5.41, 5.74) is -0.142. The second-order valence-electron chi connectivity index (χ2n) is 2.52. The molecule has 0 heterocycles. The second-order valence-corrected chi connectivity index (χ2v) is 3.37. The van der Waals surface area contributed by atoms with E-state index in [1.165, 1.54) is 24.3 Å². The minimum atomic E-state index is -3.07. The lowest BCUT2D eigenvalue weighted by Gasteiger charge is -2.14. The van der Waals surface area contributed by atoms with E-state index in [0.717, 1.165) is 0 Å². The molecular formula is C9H6BrF2N. The Morgan fingerprint density at radius 1 is 1.38 bits per heavy atom. The molecule has 1 aromatic carbocycles. The van der Waals surface area contributed by atoms with Crippen LogP contribution < -0.4 is 0 Å². The van der Waals surface area contributed by atoms with Gasteiger partial charge < -0.3 is 0 Å². The van der Waals surface area contributed by atoms with Crippen molar-refractivity contribution in [2.75, 3.05) is 0 Å². The van der Waals surface area contributed by atoms with Crippen LogP contribution in [0.2, 0.25) is 0 Å². The summed E-state index contributed by atoms with van der Waals surface area (Å²) >= 11 is 3.01. The van der Waals surface area contributed by atoms with Gasteiger partial charge in [0.2, 0.25) is 0 Å². The molecule has 0 aliphatic rings. The van der Waals surface area contributed by atoms with Crippen LogP contribution in [0.4, 0.5) is 8.78 Å². The first-order valence-electron chi connectivity index (χ1n) is 3.58. The smallest absolute Gasteiger partial charge is 0.200 e. The maximum absolute atomic E-state index is 13.2. The van der Waals surface area contributed by atoms with E-state index < -0.39 is 12.3 Å². The first-order chi connectivity index (χ1) is 6.08. The van der Waals surface area contributed by atoms with Gasteiger partial charge in [-0.15, -0.1) is 0 Å². The van der Waals surface area contributed by atoms with Gasteiger partial charge >= 0.3 is 0 Å². The zero-order valence-corrected chi connectivity index (χ0v) is 8.18. The zero-order chi connectivity index (χ0) is 9.90. The third kappa shape index (κ3) is 2.25. The Labute approximate surface area is 83.1 Å². The fourth-order valence-electron chi connectivity index (χ4n) is 0.952. The molecule has 0 unspecified atom stereocenters. The molecule has 0 bridgehead atoms. The Bertz CT molecular complexity index is 344. The van der Waals surface area contributed by atoms with Crippen LogP contribution in [0.5, 0.6) is 0 Å². The summed E-state index contributed by atoms with van der Waals surface area (Å²) in [6.45, 7) is 0. The summed E-state index contributed by atoms with van der Waals surface area (Å²) in [6, 6.07) is 7.47. The third-order valence-corrected chi connectivity index (χ3v) is 2.26. The molecule has 0 radical (unpaired) electrons. The standard InChI is InChI=1S/C9H6BrF2N/c10-8-4-2-1-3-7(8)9(11,12)5-6-13/h1-4H,5H2. The Morgan fingerprint density at radius 2 is 2.00 bits per heavy atom. The number of nitriles is 1. The van der Waals surface area contributed by atoms with E-state index in [-0.39, 0.29) is 5.56 Å². The van der Waals surface area contributed by atoms with Crippen LogP contribution in [0.3, 0.4) is 0 Å². The van der Waals surface area contributed by atoms with Crippen molar-refractivity contribution in [3.63, 3.8) is 0 Å². The van der Waals surface area contributed by atoms with Gasteiger partial charge in [0, 0.05) is 10.0 Å². The molecule has 1 nitrogen and oxygen atoms in total. The van der Waals surface area contributed by atoms with Crippen molar-refractivity contribution in [3.05, 3.63) is 34.3 Å². The van der Waals surface area contributed by atoms with Gasteiger partial charge in [0.1, 0.15) is 6.42 Å². The summed E-state index contributed by atoms with van der Waals surface area (Å²) in [5.74, 6) is -3.07. The molecule has 0 saturated heterocycles. The lowest BCUT2D eigenvalue weighted by Crippen LogP contribution is -2.12. The van der Waals surface area contributed by atoms with Gasteiger partial charge in [-0.3, -0.25) is 0 Å². The van der Waals surface area contributed by atoms with Gasteiger partial charge in [0.25, 0.3) is 5.92 Å². The molecule has 0 saturated carbocycles. The van der Waals surface area contributed by atoms with E-state index in [4.69, 9.17) is 5.26 Å². The Hall–Kier alpha value is -0.950. The molecule has 13 heavy (non-hydrogen) atoms. The predicted molar refractivity (Wildman–Crippen MR) is 48.3 cm³/mol. The summed E-state index contributed by atoms with van der Waals surface area (Å²) in [4.78, 5) is 0. The van der Waals surface area contributed by atoms with Crippen molar-refractivity contribution in [2.45, 2.75) is 12.3 Å². The summed E-state index contributed by atoms with van der Waals surface area (Å²) in [5, 5.41) is 8.21. The molecule has 0 fully saturated rings. The normalized spacial score (nSPS) is 10.9. The molecule has 0 spiro atoms. The third-order valence-electron chi connectivity index (χ3n) is 1.57. The molecule has 0 aromatic heterocycles. The maximum atomic E-state index is 13.2. The second kappa shape index (κ2) is 3.84. The van der Waals surface area contributed by atoms with Crippen molar-refractivity contribution in [1.82, 2.24) is 0 Å². The first kappa shape index (κ1) is 10.1. The quantitative estimate of drug-likeness (QED) is 0.783. The van der Waals surface area contributed by atoms with Crippen molar-refractivity contribution >= 4 is 15.9 Å². The average molecular weight is 246 g/mol. The molecule has 1 aromatic rings. The number of hydrogen-bond donors (Lipinski definition) is 0. The minimum Gasteiger partial charge on any atom is -0.200 e. The van der Waals surface area contributed by atoms with E-state index >= 15 is 0 Å². The molecular weight excluding hydrogens is 240 g/mol. The lowest BCUT2D eigenvalue weighted by atomic mass is 10.1. The Morgan fingerprint density at radius 3 is 2.54 bits per heavy atom. The summed E-state index contributed by atoms with van der Waals surface area (Å²) in [7, 11) is 0. The van der Waals surface area contributed by atoms with Gasteiger partial charge in [-0.2, -0.15) is 5.26 Å². The number of nitrogens with zero attached hydrogens (tertiary/aromatic N) is 1. The van der Waals surface area contributed by atoms with E-state index in [0.29, 0.717) is 4.47 Å². The molecule has 1 rings (SSSR count). The molecule has 4 heteroatoms. The number of benzene rings is 1. The van der Waals surface area contributed by atoms with Crippen LogP contribution in [-0.2, 0) is 5.92 Å². The fraction of sp³-hybridized carbons (Fsp3) is 0.222. The molecule has 0 N–H and O–H groups in total. The fourth-order valence-corrected chi connectivity index (χ4v) is 1.53. The number of rotatable bonds is 2. The topological polar surface area (TPSA) is 23.8 Å². The van der Waals surface area contributed by atoms with Crippen molar-refractivity contribution in [2.24, 2.45) is 0 Å². The number of hydrogen-bond acceptors (Lipinski definition) is 1. The highest BCUT2D eigenvalue weighted by molar-refractivity contribution is 9.10. The van der Waals surface area contributed by atoms with E-state index in [9.17, 15) is 8.78 Å².